The first-order chi connectivity index (χ1) is 15.2. The maximum atomic E-state index is 12.9. The zero-order chi connectivity index (χ0) is 21.2. The number of benzene rings is 1. The molecule has 162 valence electrons. The average molecular weight is 421 g/mol. The van der Waals surface area contributed by atoms with Crippen LogP contribution in [0.1, 0.15) is 62.0 Å². The Morgan fingerprint density at radius 1 is 1.06 bits per heavy atom. The van der Waals surface area contributed by atoms with Crippen LogP contribution in [0.3, 0.4) is 0 Å². The number of hydrogen-bond acceptors (Lipinski definition) is 5. The molecule has 2 aromatic heterocycles. The fourth-order valence-electron chi connectivity index (χ4n) is 4.35. The lowest BCUT2D eigenvalue weighted by atomic mass is 9.87. The molecule has 1 fully saturated rings. The molecule has 0 atom stereocenters. The Morgan fingerprint density at radius 2 is 1.87 bits per heavy atom. The lowest BCUT2D eigenvalue weighted by molar-refractivity contribution is 0.102. The Morgan fingerprint density at radius 3 is 2.71 bits per heavy atom. The molecule has 2 aliphatic rings. The molecular weight excluding hydrogens is 392 g/mol. The van der Waals surface area contributed by atoms with Gasteiger partial charge in [-0.15, -0.1) is 0 Å². The van der Waals surface area contributed by atoms with E-state index in [4.69, 9.17) is 14.6 Å². The Hall–Kier alpha value is -3.09. The van der Waals surface area contributed by atoms with E-state index in [0.717, 1.165) is 42.5 Å². The smallest absolute Gasteiger partial charge is 0.274 e. The second-order valence-electron chi connectivity index (χ2n) is 8.65. The van der Waals surface area contributed by atoms with Gasteiger partial charge in [-0.3, -0.25) is 9.48 Å². The first-order valence-electron chi connectivity index (χ1n) is 11.2. The number of anilines is 1. The highest BCUT2D eigenvalue weighted by Crippen LogP contribution is 2.35. The summed E-state index contributed by atoms with van der Waals surface area (Å²) in [6.07, 6.45) is 8.59. The predicted molar refractivity (Wildman–Crippen MR) is 119 cm³/mol. The lowest BCUT2D eigenvalue weighted by Crippen LogP contribution is -2.16. The van der Waals surface area contributed by atoms with Crippen molar-refractivity contribution in [1.29, 1.82) is 0 Å². The molecular formula is C24H28N4O3. The molecule has 31 heavy (non-hydrogen) atoms. The first-order valence-corrected chi connectivity index (χ1v) is 11.2. The van der Waals surface area contributed by atoms with Crippen molar-refractivity contribution in [2.75, 3.05) is 18.5 Å². The summed E-state index contributed by atoms with van der Waals surface area (Å²) in [5.41, 5.74) is 1.84. The number of nitrogens with zero attached hydrogens (tertiary/aromatic N) is 3. The molecule has 1 N–H and O–H groups in total. The van der Waals surface area contributed by atoms with Crippen LogP contribution in [0.5, 0.6) is 11.6 Å². The zero-order valence-corrected chi connectivity index (χ0v) is 17.8. The van der Waals surface area contributed by atoms with Crippen LogP contribution < -0.4 is 14.8 Å². The highest BCUT2D eigenvalue weighted by atomic mass is 16.5. The van der Waals surface area contributed by atoms with Gasteiger partial charge in [-0.1, -0.05) is 13.0 Å². The molecule has 0 unspecified atom stereocenters. The van der Waals surface area contributed by atoms with Crippen molar-refractivity contribution in [2.45, 2.75) is 51.5 Å². The molecule has 7 heteroatoms. The third-order valence-electron chi connectivity index (χ3n) is 6.23. The topological polar surface area (TPSA) is 78.3 Å². The molecule has 3 heterocycles. The van der Waals surface area contributed by atoms with Gasteiger partial charge in [-0.05, 0) is 56.6 Å². The van der Waals surface area contributed by atoms with E-state index in [1.54, 1.807) is 18.2 Å². The summed E-state index contributed by atoms with van der Waals surface area (Å²) in [5, 5.41) is 8.82. The van der Waals surface area contributed by atoms with Crippen LogP contribution in [0.15, 0.2) is 36.5 Å². The predicted octanol–water partition coefficient (Wildman–Crippen LogP) is 4.99. The molecule has 1 saturated carbocycles. The zero-order valence-electron chi connectivity index (χ0n) is 17.8. The van der Waals surface area contributed by atoms with Gasteiger partial charge in [-0.25, -0.2) is 4.98 Å². The highest BCUT2D eigenvalue weighted by Gasteiger charge is 2.21. The van der Waals surface area contributed by atoms with Crippen molar-refractivity contribution in [3.8, 4) is 11.6 Å². The minimum atomic E-state index is -0.289. The van der Waals surface area contributed by atoms with Crippen LogP contribution in [0.4, 0.5) is 5.69 Å². The number of ether oxygens (including phenoxy) is 2. The normalized spacial score (nSPS) is 22.2. The number of aromatic nitrogens is 3. The summed E-state index contributed by atoms with van der Waals surface area (Å²) in [6, 6.07) is 9.57. The summed E-state index contributed by atoms with van der Waals surface area (Å²) in [4.78, 5) is 17.2. The van der Waals surface area contributed by atoms with Gasteiger partial charge in [0.15, 0.2) is 0 Å². The van der Waals surface area contributed by atoms with Gasteiger partial charge in [-0.2, -0.15) is 5.10 Å². The number of nitrogens with one attached hydrogen (secondary N) is 1. The number of rotatable bonds is 1. The Bertz CT molecular complexity index is 1090. The van der Waals surface area contributed by atoms with Gasteiger partial charge < -0.3 is 14.8 Å². The SMILES string of the molecule is C[C@H]1CC[C@H](n2cc3cc4c(cc3n2)OCCCCOc2cccc(n2)C(=O)N4)CC1. The van der Waals surface area contributed by atoms with Crippen LogP contribution in [0.2, 0.25) is 0 Å². The van der Waals surface area contributed by atoms with E-state index in [0.29, 0.717) is 42.3 Å². The molecule has 0 radical (unpaired) electrons. The first kappa shape index (κ1) is 19.8. The van der Waals surface area contributed by atoms with Crippen LogP contribution in [-0.2, 0) is 0 Å². The Labute approximate surface area is 181 Å². The molecule has 0 spiro atoms. The van der Waals surface area contributed by atoms with E-state index in [1.165, 1.54) is 12.8 Å². The van der Waals surface area contributed by atoms with Gasteiger partial charge in [0, 0.05) is 23.7 Å². The molecule has 3 aromatic rings. The van der Waals surface area contributed by atoms with Crippen LogP contribution in [0, 0.1) is 5.92 Å². The Balaban J connectivity index is 1.48. The summed E-state index contributed by atoms with van der Waals surface area (Å²) in [6.45, 7) is 3.41. The second-order valence-corrected chi connectivity index (χ2v) is 8.65. The maximum absolute atomic E-state index is 12.9. The van der Waals surface area contributed by atoms with E-state index in [1.807, 2.05) is 12.1 Å². The number of hydrogen-bond donors (Lipinski definition) is 1. The molecule has 2 bridgehead atoms. The fraction of sp³-hybridized carbons (Fsp3) is 0.458. The van der Waals surface area contributed by atoms with Gasteiger partial charge in [0.2, 0.25) is 5.88 Å². The third-order valence-corrected chi connectivity index (χ3v) is 6.23. The summed E-state index contributed by atoms with van der Waals surface area (Å²) >= 11 is 0. The molecule has 7 nitrogen and oxygen atoms in total. The highest BCUT2D eigenvalue weighted by molar-refractivity contribution is 6.05. The van der Waals surface area contributed by atoms with Gasteiger partial charge in [0.1, 0.15) is 11.4 Å². The van der Waals surface area contributed by atoms with Crippen molar-refractivity contribution in [3.63, 3.8) is 0 Å². The number of carbonyl (C=O) groups is 1. The number of fused-ring (bicyclic) bond motifs is 4. The Kier molecular flexibility index (Phi) is 5.49. The minimum Gasteiger partial charge on any atom is -0.491 e. The molecule has 0 saturated heterocycles. The average Bonchev–Trinajstić information content (AvgIpc) is 3.19. The van der Waals surface area contributed by atoms with Crippen molar-refractivity contribution in [3.05, 3.63) is 42.2 Å². The van der Waals surface area contributed by atoms with Crippen LogP contribution >= 0.6 is 0 Å². The fourth-order valence-corrected chi connectivity index (χ4v) is 4.35. The number of pyridine rings is 1. The summed E-state index contributed by atoms with van der Waals surface area (Å²) in [5.74, 6) is 1.61. The quantitative estimate of drug-likeness (QED) is 0.600. The molecule has 1 amide bonds. The van der Waals surface area contributed by atoms with E-state index in [-0.39, 0.29) is 5.91 Å². The maximum Gasteiger partial charge on any atom is 0.274 e. The van der Waals surface area contributed by atoms with Gasteiger partial charge in [0.05, 0.1) is 30.5 Å². The summed E-state index contributed by atoms with van der Waals surface area (Å²) in [7, 11) is 0. The standard InChI is InChI=1S/C24H28N4O3/c1-16-7-9-18(10-8-16)28-15-17-13-21-22(14-20(17)27-28)30-11-2-3-12-31-23-6-4-5-19(25-23)24(29)26-21/h4-6,13-16,18H,2-3,7-12H2,1H3,(H,26,29)/t16-,18-. The van der Waals surface area contributed by atoms with E-state index >= 15 is 0 Å². The lowest BCUT2D eigenvalue weighted by Gasteiger charge is -2.26. The van der Waals surface area contributed by atoms with Crippen LogP contribution in [-0.4, -0.2) is 33.9 Å². The molecule has 1 aliphatic carbocycles. The second kappa shape index (κ2) is 8.57. The van der Waals surface area contributed by atoms with Crippen LogP contribution in [0.25, 0.3) is 10.9 Å². The number of carbonyl (C=O) groups excluding carboxylic acids is 1. The van der Waals surface area contributed by atoms with Gasteiger partial charge >= 0.3 is 0 Å². The van der Waals surface area contributed by atoms with Crippen molar-refractivity contribution in [1.82, 2.24) is 14.8 Å². The summed E-state index contributed by atoms with van der Waals surface area (Å²) < 4.78 is 13.8. The minimum absolute atomic E-state index is 0.289. The molecule has 1 aromatic carbocycles. The molecule has 1 aliphatic heterocycles. The van der Waals surface area contributed by atoms with Crippen molar-refractivity contribution < 1.29 is 14.3 Å². The molecule has 5 rings (SSSR count). The van der Waals surface area contributed by atoms with E-state index < -0.39 is 0 Å². The van der Waals surface area contributed by atoms with E-state index in [2.05, 4.69) is 28.1 Å². The third kappa shape index (κ3) is 4.36. The van der Waals surface area contributed by atoms with Crippen molar-refractivity contribution >= 4 is 22.5 Å². The number of amides is 1. The van der Waals surface area contributed by atoms with E-state index in [9.17, 15) is 4.79 Å². The van der Waals surface area contributed by atoms with Gasteiger partial charge in [0.25, 0.3) is 5.91 Å². The monoisotopic (exact) mass is 420 g/mol. The van der Waals surface area contributed by atoms with Crippen molar-refractivity contribution in [2.24, 2.45) is 5.92 Å². The largest absolute Gasteiger partial charge is 0.491 e.